The number of nitrogens with zero attached hydrogens (tertiary/aromatic N) is 2. The van der Waals surface area contributed by atoms with Gasteiger partial charge in [0.05, 0.1) is 5.69 Å². The number of amides is 1. The summed E-state index contributed by atoms with van der Waals surface area (Å²) in [5.41, 5.74) is 12.7. The molecule has 3 aromatic rings. The monoisotopic (exact) mass is 358 g/mol. The zero-order valence-corrected chi connectivity index (χ0v) is 15.5. The third-order valence-corrected chi connectivity index (χ3v) is 4.78. The van der Waals surface area contributed by atoms with Crippen molar-refractivity contribution in [3.8, 4) is 22.4 Å². The first-order valence-corrected chi connectivity index (χ1v) is 9.12. The molecule has 0 atom stereocenters. The van der Waals surface area contributed by atoms with Gasteiger partial charge in [-0.1, -0.05) is 6.07 Å². The summed E-state index contributed by atoms with van der Waals surface area (Å²) < 4.78 is 0. The highest BCUT2D eigenvalue weighted by atomic mass is 16.2. The molecule has 1 amide bonds. The van der Waals surface area contributed by atoms with Crippen LogP contribution in [0.1, 0.15) is 24.1 Å². The number of nitrogens with two attached hydrogens (primary N) is 1. The second-order valence-electron chi connectivity index (χ2n) is 7.15. The van der Waals surface area contributed by atoms with Crippen molar-refractivity contribution in [2.45, 2.75) is 26.7 Å². The van der Waals surface area contributed by atoms with Crippen LogP contribution in [0.25, 0.3) is 22.4 Å². The van der Waals surface area contributed by atoms with Crippen molar-refractivity contribution in [1.82, 2.24) is 9.97 Å². The van der Waals surface area contributed by atoms with Gasteiger partial charge in [0.2, 0.25) is 5.91 Å². The van der Waals surface area contributed by atoms with Crippen LogP contribution in [-0.2, 0) is 4.79 Å². The molecule has 136 valence electrons. The first-order valence-electron chi connectivity index (χ1n) is 9.12. The molecule has 1 aliphatic rings. The molecule has 27 heavy (non-hydrogen) atoms. The lowest BCUT2D eigenvalue weighted by molar-refractivity contribution is -0.117. The summed E-state index contributed by atoms with van der Waals surface area (Å²) in [5, 5.41) is 2.90. The van der Waals surface area contributed by atoms with E-state index in [0.29, 0.717) is 5.82 Å². The molecule has 2 aromatic heterocycles. The SMILES string of the molecule is Cc1cc(-c2cc(N)ccc2C)cc(-c2ccnc(NC(=O)C3CC3)c2)n1. The standard InChI is InChI=1S/C22H22N4O/c1-13-3-6-18(23)12-19(13)17-9-14(2)25-20(10-17)16-7-8-24-21(11-16)26-22(27)15-4-5-15/h3,6-12,15H,4-5,23H2,1-2H3,(H,24,26,27). The molecule has 5 heteroatoms. The molecule has 3 N–H and O–H groups in total. The average molecular weight is 358 g/mol. The predicted octanol–water partition coefficient (Wildman–Crippen LogP) is 4.36. The van der Waals surface area contributed by atoms with E-state index in [2.05, 4.69) is 34.3 Å². The minimum Gasteiger partial charge on any atom is -0.399 e. The first-order chi connectivity index (χ1) is 13.0. The van der Waals surface area contributed by atoms with Crippen LogP contribution < -0.4 is 11.1 Å². The predicted molar refractivity (Wildman–Crippen MR) is 108 cm³/mol. The molecule has 0 spiro atoms. The number of rotatable bonds is 4. The maximum Gasteiger partial charge on any atom is 0.228 e. The highest BCUT2D eigenvalue weighted by Gasteiger charge is 2.29. The van der Waals surface area contributed by atoms with E-state index in [1.54, 1.807) is 6.20 Å². The van der Waals surface area contributed by atoms with E-state index in [0.717, 1.165) is 52.2 Å². The third-order valence-electron chi connectivity index (χ3n) is 4.78. The van der Waals surface area contributed by atoms with Crippen LogP contribution in [0.15, 0.2) is 48.7 Å². The average Bonchev–Trinajstić information content (AvgIpc) is 3.49. The molecule has 1 fully saturated rings. The van der Waals surface area contributed by atoms with E-state index in [1.165, 1.54) is 0 Å². The molecular weight excluding hydrogens is 336 g/mol. The van der Waals surface area contributed by atoms with Gasteiger partial charge in [-0.15, -0.1) is 0 Å². The molecule has 0 aliphatic heterocycles. The number of hydrogen-bond donors (Lipinski definition) is 2. The zero-order chi connectivity index (χ0) is 19.0. The Bertz CT molecular complexity index is 1020. The quantitative estimate of drug-likeness (QED) is 0.679. The lowest BCUT2D eigenvalue weighted by Gasteiger charge is -2.11. The largest absolute Gasteiger partial charge is 0.399 e. The molecule has 5 nitrogen and oxygen atoms in total. The Balaban J connectivity index is 1.71. The third kappa shape index (κ3) is 3.82. The van der Waals surface area contributed by atoms with Crippen molar-refractivity contribution in [2.24, 2.45) is 5.92 Å². The van der Waals surface area contributed by atoms with Crippen LogP contribution in [0.3, 0.4) is 0 Å². The Morgan fingerprint density at radius 1 is 1.07 bits per heavy atom. The van der Waals surface area contributed by atoms with Gasteiger partial charge in [0.1, 0.15) is 5.82 Å². The summed E-state index contributed by atoms with van der Waals surface area (Å²) in [6.07, 6.45) is 3.63. The Morgan fingerprint density at radius 2 is 1.89 bits per heavy atom. The molecule has 1 saturated carbocycles. The fraction of sp³-hybridized carbons (Fsp3) is 0.227. The smallest absolute Gasteiger partial charge is 0.228 e. The van der Waals surface area contributed by atoms with E-state index < -0.39 is 0 Å². The summed E-state index contributed by atoms with van der Waals surface area (Å²) in [4.78, 5) is 21.0. The topological polar surface area (TPSA) is 80.9 Å². The summed E-state index contributed by atoms with van der Waals surface area (Å²) in [6.45, 7) is 4.05. The summed E-state index contributed by atoms with van der Waals surface area (Å²) in [7, 11) is 0. The number of aryl methyl sites for hydroxylation is 2. The Morgan fingerprint density at radius 3 is 2.67 bits per heavy atom. The van der Waals surface area contributed by atoms with E-state index in [-0.39, 0.29) is 11.8 Å². The van der Waals surface area contributed by atoms with Crippen molar-refractivity contribution in [3.63, 3.8) is 0 Å². The second-order valence-corrected chi connectivity index (χ2v) is 7.15. The molecule has 0 saturated heterocycles. The maximum absolute atomic E-state index is 12.0. The molecular formula is C22H22N4O. The van der Waals surface area contributed by atoms with Gasteiger partial charge in [-0.05, 0) is 79.8 Å². The normalized spacial score (nSPS) is 13.4. The minimum absolute atomic E-state index is 0.0490. The van der Waals surface area contributed by atoms with E-state index in [4.69, 9.17) is 5.73 Å². The van der Waals surface area contributed by atoms with Crippen LogP contribution in [0.5, 0.6) is 0 Å². The minimum atomic E-state index is 0.0490. The number of benzene rings is 1. The van der Waals surface area contributed by atoms with Gasteiger partial charge in [-0.3, -0.25) is 9.78 Å². The van der Waals surface area contributed by atoms with Gasteiger partial charge in [0.25, 0.3) is 0 Å². The van der Waals surface area contributed by atoms with Crippen LogP contribution in [0, 0.1) is 19.8 Å². The van der Waals surface area contributed by atoms with Gasteiger partial charge in [0.15, 0.2) is 0 Å². The highest BCUT2D eigenvalue weighted by Crippen LogP contribution is 2.32. The zero-order valence-electron chi connectivity index (χ0n) is 15.5. The van der Waals surface area contributed by atoms with Crippen molar-refractivity contribution in [3.05, 3.63) is 59.9 Å². The molecule has 2 heterocycles. The second kappa shape index (κ2) is 6.83. The lowest BCUT2D eigenvalue weighted by atomic mass is 9.98. The van der Waals surface area contributed by atoms with Crippen LogP contribution in [-0.4, -0.2) is 15.9 Å². The van der Waals surface area contributed by atoms with E-state index in [1.807, 2.05) is 37.3 Å². The number of pyridine rings is 2. The van der Waals surface area contributed by atoms with E-state index >= 15 is 0 Å². The molecule has 0 unspecified atom stereocenters. The highest BCUT2D eigenvalue weighted by molar-refractivity contribution is 5.93. The first kappa shape index (κ1) is 17.2. The molecule has 0 bridgehead atoms. The number of nitrogens with one attached hydrogen (secondary N) is 1. The number of carbonyl (C=O) groups excluding carboxylic acids is 1. The summed E-state index contributed by atoms with van der Waals surface area (Å²) >= 11 is 0. The van der Waals surface area contributed by atoms with Crippen molar-refractivity contribution in [1.29, 1.82) is 0 Å². The fourth-order valence-corrected chi connectivity index (χ4v) is 3.15. The molecule has 1 aliphatic carbocycles. The Labute approximate surface area is 158 Å². The maximum atomic E-state index is 12.0. The summed E-state index contributed by atoms with van der Waals surface area (Å²) in [6, 6.07) is 13.8. The number of aromatic nitrogens is 2. The van der Waals surface area contributed by atoms with Crippen molar-refractivity contribution >= 4 is 17.4 Å². The van der Waals surface area contributed by atoms with Crippen LogP contribution >= 0.6 is 0 Å². The lowest BCUT2D eigenvalue weighted by Crippen LogP contribution is -2.14. The van der Waals surface area contributed by atoms with Crippen molar-refractivity contribution < 1.29 is 4.79 Å². The molecule has 0 radical (unpaired) electrons. The Hall–Kier alpha value is -3.21. The summed E-state index contributed by atoms with van der Waals surface area (Å²) in [5.74, 6) is 0.757. The van der Waals surface area contributed by atoms with Crippen LogP contribution in [0.2, 0.25) is 0 Å². The number of nitrogen functional groups attached to an aromatic ring is 1. The van der Waals surface area contributed by atoms with Crippen molar-refractivity contribution in [2.75, 3.05) is 11.1 Å². The Kier molecular flexibility index (Phi) is 4.36. The number of hydrogen-bond acceptors (Lipinski definition) is 4. The number of carbonyl (C=O) groups is 1. The molecule has 1 aromatic carbocycles. The van der Waals surface area contributed by atoms with Gasteiger partial charge in [-0.25, -0.2) is 4.98 Å². The van der Waals surface area contributed by atoms with Gasteiger partial charge in [-0.2, -0.15) is 0 Å². The van der Waals surface area contributed by atoms with Gasteiger partial charge < -0.3 is 11.1 Å². The molecule has 4 rings (SSSR count). The van der Waals surface area contributed by atoms with Gasteiger partial charge in [0, 0.05) is 29.1 Å². The van der Waals surface area contributed by atoms with Crippen LogP contribution in [0.4, 0.5) is 11.5 Å². The van der Waals surface area contributed by atoms with E-state index in [9.17, 15) is 4.79 Å². The van der Waals surface area contributed by atoms with Gasteiger partial charge >= 0.3 is 0 Å². The fourth-order valence-electron chi connectivity index (χ4n) is 3.15. The number of anilines is 2.